The fraction of sp³-hybridized carbons (Fsp3) is 0.0500. The van der Waals surface area contributed by atoms with Crippen molar-refractivity contribution in [2.45, 2.75) is 16.7 Å². The van der Waals surface area contributed by atoms with Crippen molar-refractivity contribution in [1.29, 1.82) is 0 Å². The van der Waals surface area contributed by atoms with Gasteiger partial charge in [-0.15, -0.1) is 10.2 Å². The Balaban J connectivity index is 1.90. The average molecular weight is 529 g/mol. The summed E-state index contributed by atoms with van der Waals surface area (Å²) >= 11 is 0. The average Bonchev–Trinajstić information content (AvgIpc) is 3.36. The number of aryl methyl sites for hydroxylation is 1. The van der Waals surface area contributed by atoms with Crippen LogP contribution >= 0.6 is 0 Å². The molecule has 0 aliphatic heterocycles. The molecule has 0 aliphatic carbocycles. The molecular weight excluding hydrogens is 512 g/mol. The lowest BCUT2D eigenvalue weighted by Crippen LogP contribution is -2.09. The van der Waals surface area contributed by atoms with Crippen molar-refractivity contribution in [3.05, 3.63) is 71.8 Å². The van der Waals surface area contributed by atoms with E-state index in [1.807, 2.05) is 6.07 Å². The Labute approximate surface area is 204 Å². The summed E-state index contributed by atoms with van der Waals surface area (Å²) in [7, 11) is -9.64. The zero-order valence-corrected chi connectivity index (χ0v) is 19.9. The highest BCUT2D eigenvalue weighted by atomic mass is 32.2. The lowest BCUT2D eigenvalue weighted by Gasteiger charge is -2.10. The molecule has 4 rings (SSSR count). The number of para-hydroxylation sites is 1. The molecule has 0 aliphatic rings. The van der Waals surface area contributed by atoms with E-state index < -0.39 is 35.7 Å². The van der Waals surface area contributed by atoms with Crippen LogP contribution in [0.4, 0.5) is 23.0 Å². The van der Waals surface area contributed by atoms with Gasteiger partial charge in [0.1, 0.15) is 4.90 Å². The van der Waals surface area contributed by atoms with E-state index in [1.54, 1.807) is 31.2 Å². The Bertz CT molecular complexity index is 1770. The first-order chi connectivity index (χ1) is 16.9. The normalized spacial score (nSPS) is 12.2. The van der Waals surface area contributed by atoms with Crippen molar-refractivity contribution < 1.29 is 25.9 Å². The van der Waals surface area contributed by atoms with Gasteiger partial charge in [0.25, 0.3) is 25.9 Å². The molecule has 0 bridgehead atoms. The van der Waals surface area contributed by atoms with Crippen LogP contribution in [0.2, 0.25) is 0 Å². The molecule has 2 aromatic heterocycles. The van der Waals surface area contributed by atoms with Crippen LogP contribution in [0.1, 0.15) is 5.69 Å². The quantitative estimate of drug-likeness (QED) is 0.190. The predicted molar refractivity (Wildman–Crippen MR) is 126 cm³/mol. The van der Waals surface area contributed by atoms with Gasteiger partial charge in [-0.05, 0) is 37.3 Å². The van der Waals surface area contributed by atoms with Crippen LogP contribution in [-0.2, 0) is 20.2 Å². The summed E-state index contributed by atoms with van der Waals surface area (Å²) in [5, 5.41) is 16.3. The van der Waals surface area contributed by atoms with Crippen LogP contribution in [0.5, 0.6) is 0 Å². The third kappa shape index (κ3) is 4.58. The number of nitrogens with zero attached hydrogens (tertiary/aromatic N) is 7. The Morgan fingerprint density at radius 3 is 2.31 bits per heavy atom. The number of azo groups is 1. The smallest absolute Gasteiger partial charge is 0.296 e. The summed E-state index contributed by atoms with van der Waals surface area (Å²) in [4.78, 5) is 1.84. The molecule has 0 spiro atoms. The number of nitrogen functional groups attached to an aromatic ring is 1. The van der Waals surface area contributed by atoms with Gasteiger partial charge in [-0.2, -0.15) is 27.0 Å². The molecule has 0 amide bonds. The molecule has 4 N–H and O–H groups in total. The molecule has 0 unspecified atom stereocenters. The van der Waals surface area contributed by atoms with Crippen molar-refractivity contribution in [2.75, 3.05) is 5.73 Å². The van der Waals surface area contributed by atoms with E-state index in [2.05, 4.69) is 25.3 Å². The SMILES string of the molecule is [C-]#[N+]c1cnn(-c2cc(S(=O)(=O)O)ccc2S(=O)(=O)O)c1N=Nc1c(C)nn(-c2ccccc2)c1N. The fourth-order valence-corrected chi connectivity index (χ4v) is 4.40. The first kappa shape index (κ1) is 24.7. The minimum Gasteiger partial charge on any atom is -0.382 e. The second-order valence-corrected chi connectivity index (χ2v) is 10.0. The second kappa shape index (κ2) is 8.98. The Hall–Kier alpha value is -4.43. The zero-order valence-electron chi connectivity index (χ0n) is 18.2. The molecule has 4 aromatic rings. The maximum atomic E-state index is 11.9. The van der Waals surface area contributed by atoms with Gasteiger partial charge in [0, 0.05) is 0 Å². The molecule has 0 fully saturated rings. The molecule has 14 nitrogen and oxygen atoms in total. The molecule has 0 radical (unpaired) electrons. The van der Waals surface area contributed by atoms with Crippen molar-refractivity contribution in [3.63, 3.8) is 0 Å². The topological polar surface area (TPSA) is 199 Å². The Morgan fingerprint density at radius 1 is 1.00 bits per heavy atom. The molecule has 0 atom stereocenters. The number of aromatic nitrogens is 4. The number of benzene rings is 2. The first-order valence-electron chi connectivity index (χ1n) is 9.79. The summed E-state index contributed by atoms with van der Waals surface area (Å²) < 4.78 is 68.4. The Morgan fingerprint density at radius 2 is 1.69 bits per heavy atom. The zero-order chi connectivity index (χ0) is 26.3. The summed E-state index contributed by atoms with van der Waals surface area (Å²) in [5.74, 6) is -0.168. The van der Waals surface area contributed by atoms with Gasteiger partial charge in [0.15, 0.2) is 17.3 Å². The molecule has 36 heavy (non-hydrogen) atoms. The lowest BCUT2D eigenvalue weighted by molar-refractivity contribution is 0.477. The number of nitrogens with two attached hydrogens (primary N) is 1. The van der Waals surface area contributed by atoms with E-state index in [4.69, 9.17) is 12.3 Å². The molecule has 0 saturated carbocycles. The molecule has 16 heteroatoms. The highest BCUT2D eigenvalue weighted by molar-refractivity contribution is 7.86. The number of hydrogen-bond acceptors (Lipinski definition) is 9. The van der Waals surface area contributed by atoms with E-state index in [0.29, 0.717) is 11.4 Å². The lowest BCUT2D eigenvalue weighted by atomic mass is 10.3. The van der Waals surface area contributed by atoms with Gasteiger partial charge in [0.05, 0.1) is 34.7 Å². The van der Waals surface area contributed by atoms with Crippen LogP contribution in [0, 0.1) is 13.5 Å². The molecule has 184 valence electrons. The van der Waals surface area contributed by atoms with Gasteiger partial charge in [-0.25, -0.2) is 14.2 Å². The Kier molecular flexibility index (Phi) is 6.16. The van der Waals surface area contributed by atoms with Crippen LogP contribution < -0.4 is 5.73 Å². The van der Waals surface area contributed by atoms with Crippen LogP contribution in [0.3, 0.4) is 0 Å². The minimum atomic E-state index is -4.89. The third-order valence-corrected chi connectivity index (χ3v) is 6.64. The van der Waals surface area contributed by atoms with Gasteiger partial charge in [-0.3, -0.25) is 9.11 Å². The third-order valence-electron chi connectivity index (χ3n) is 4.89. The number of hydrogen-bond donors (Lipinski definition) is 3. The van der Waals surface area contributed by atoms with Crippen LogP contribution in [0.15, 0.2) is 74.7 Å². The van der Waals surface area contributed by atoms with Gasteiger partial charge < -0.3 is 5.73 Å². The van der Waals surface area contributed by atoms with E-state index in [0.717, 1.165) is 29.1 Å². The van der Waals surface area contributed by atoms with Crippen LogP contribution in [-0.4, -0.2) is 45.5 Å². The van der Waals surface area contributed by atoms with Gasteiger partial charge in [0.2, 0.25) is 0 Å². The number of anilines is 1. The summed E-state index contributed by atoms with van der Waals surface area (Å²) in [5.41, 5.74) is 6.73. The van der Waals surface area contributed by atoms with E-state index in [1.165, 1.54) is 4.68 Å². The van der Waals surface area contributed by atoms with E-state index in [9.17, 15) is 25.9 Å². The minimum absolute atomic E-state index is 0.130. The summed E-state index contributed by atoms with van der Waals surface area (Å²) in [6.45, 7) is 9.02. The second-order valence-electron chi connectivity index (χ2n) is 7.22. The highest BCUT2D eigenvalue weighted by Gasteiger charge is 2.24. The number of rotatable bonds is 6. The predicted octanol–water partition coefficient (Wildman–Crippen LogP) is 3.41. The van der Waals surface area contributed by atoms with E-state index >= 15 is 0 Å². The highest BCUT2D eigenvalue weighted by Crippen LogP contribution is 2.36. The summed E-state index contributed by atoms with van der Waals surface area (Å²) in [6.07, 6.45) is 1.04. The van der Waals surface area contributed by atoms with Crippen molar-refractivity contribution in [1.82, 2.24) is 19.6 Å². The van der Waals surface area contributed by atoms with E-state index in [-0.39, 0.29) is 23.0 Å². The van der Waals surface area contributed by atoms with Gasteiger partial charge in [-0.1, -0.05) is 18.2 Å². The van der Waals surface area contributed by atoms with Gasteiger partial charge >= 0.3 is 0 Å². The maximum Gasteiger partial charge on any atom is 0.296 e. The first-order valence-corrected chi connectivity index (χ1v) is 12.7. The molecule has 2 heterocycles. The molecule has 0 saturated heterocycles. The standard InChI is InChI=1S/C20H16N8O6S2/c1-12-18(19(21)27(26-12)13-6-4-3-5-7-13)24-25-20-15(22-2)11-23-28(20)16-10-14(35(29,30)31)8-9-17(16)36(32,33)34/h3-11H,21H2,1H3,(H,29,30,31)(H,32,33,34). The van der Waals surface area contributed by atoms with Crippen molar-refractivity contribution >= 4 is 43.2 Å². The molecular formula is C20H16N8O6S2. The monoisotopic (exact) mass is 528 g/mol. The largest absolute Gasteiger partial charge is 0.382 e. The van der Waals surface area contributed by atoms with Crippen LogP contribution in [0.25, 0.3) is 16.2 Å². The van der Waals surface area contributed by atoms with Crippen molar-refractivity contribution in [3.8, 4) is 11.4 Å². The van der Waals surface area contributed by atoms with Crippen molar-refractivity contribution in [2.24, 2.45) is 10.2 Å². The maximum absolute atomic E-state index is 11.9. The fourth-order valence-electron chi connectivity index (χ4n) is 3.25. The summed E-state index contributed by atoms with van der Waals surface area (Å²) in [6, 6.07) is 11.3. The molecule has 2 aromatic carbocycles.